The van der Waals surface area contributed by atoms with Crippen molar-refractivity contribution in [2.45, 2.75) is 46.1 Å². The highest BCUT2D eigenvalue weighted by Crippen LogP contribution is 2.31. The Labute approximate surface area is 160 Å². The third-order valence-electron chi connectivity index (χ3n) is 4.80. The van der Waals surface area contributed by atoms with Crippen LogP contribution in [0.4, 0.5) is 10.1 Å². The molecule has 0 aliphatic rings. The Bertz CT molecular complexity index is 968. The van der Waals surface area contributed by atoms with Crippen LogP contribution in [0.25, 0.3) is 10.8 Å². The normalized spacial score (nSPS) is 11.8. The lowest BCUT2D eigenvalue weighted by Crippen LogP contribution is -2.37. The maximum atomic E-state index is 13.6. The van der Waals surface area contributed by atoms with Gasteiger partial charge in [0.25, 0.3) is 5.91 Å². The van der Waals surface area contributed by atoms with Crippen molar-refractivity contribution in [3.05, 3.63) is 77.6 Å². The highest BCUT2D eigenvalue weighted by molar-refractivity contribution is 6.14. The van der Waals surface area contributed by atoms with Gasteiger partial charge in [-0.15, -0.1) is 0 Å². The second kappa shape index (κ2) is 7.15. The number of fused-ring (bicyclic) bond motifs is 1. The van der Waals surface area contributed by atoms with E-state index in [1.54, 1.807) is 17.0 Å². The van der Waals surface area contributed by atoms with Crippen LogP contribution in [0.2, 0.25) is 0 Å². The average molecular weight is 363 g/mol. The van der Waals surface area contributed by atoms with Crippen molar-refractivity contribution in [2.24, 2.45) is 0 Å². The second-order valence-corrected chi connectivity index (χ2v) is 8.24. The largest absolute Gasteiger partial charge is 0.306 e. The molecule has 140 valence electrons. The van der Waals surface area contributed by atoms with Crippen LogP contribution in [0.15, 0.2) is 60.7 Å². The van der Waals surface area contributed by atoms with Gasteiger partial charge in [-0.2, -0.15) is 0 Å². The molecule has 3 aromatic rings. The molecule has 0 aromatic heterocycles. The molecule has 27 heavy (non-hydrogen) atoms. The molecule has 0 atom stereocenters. The molecule has 0 radical (unpaired) electrons. The van der Waals surface area contributed by atoms with Crippen LogP contribution in [0.5, 0.6) is 0 Å². The lowest BCUT2D eigenvalue weighted by molar-refractivity contribution is 0.0981. The molecule has 0 saturated carbocycles. The maximum Gasteiger partial charge on any atom is 0.259 e. The van der Waals surface area contributed by atoms with Gasteiger partial charge in [0.15, 0.2) is 0 Å². The molecular formula is C24H26FNO. The summed E-state index contributed by atoms with van der Waals surface area (Å²) in [5.74, 6) is -0.381. The summed E-state index contributed by atoms with van der Waals surface area (Å²) < 4.78 is 13.4. The van der Waals surface area contributed by atoms with Crippen LogP contribution in [0.1, 0.15) is 50.5 Å². The molecule has 0 aliphatic heterocycles. The van der Waals surface area contributed by atoms with Crippen molar-refractivity contribution in [1.29, 1.82) is 0 Å². The highest BCUT2D eigenvalue weighted by Gasteiger charge is 2.25. The molecule has 0 N–H and O–H groups in total. The first-order valence-electron chi connectivity index (χ1n) is 9.31. The van der Waals surface area contributed by atoms with Crippen molar-refractivity contribution in [3.8, 4) is 0 Å². The molecule has 0 fully saturated rings. The number of carbonyl (C=O) groups excluding carboxylic acids is 1. The van der Waals surface area contributed by atoms with Crippen molar-refractivity contribution in [1.82, 2.24) is 0 Å². The van der Waals surface area contributed by atoms with Crippen LogP contribution in [0, 0.1) is 5.82 Å². The summed E-state index contributed by atoms with van der Waals surface area (Å²) in [6.07, 6.45) is 0. The van der Waals surface area contributed by atoms with E-state index in [2.05, 4.69) is 26.8 Å². The summed E-state index contributed by atoms with van der Waals surface area (Å²) in [6.45, 7) is 10.4. The molecule has 1 amide bonds. The van der Waals surface area contributed by atoms with Gasteiger partial charge in [-0.25, -0.2) is 4.39 Å². The molecular weight excluding hydrogens is 337 g/mol. The third kappa shape index (κ3) is 3.87. The zero-order valence-corrected chi connectivity index (χ0v) is 16.6. The van der Waals surface area contributed by atoms with E-state index < -0.39 is 0 Å². The fourth-order valence-corrected chi connectivity index (χ4v) is 3.30. The van der Waals surface area contributed by atoms with Crippen LogP contribution < -0.4 is 4.90 Å². The molecule has 3 rings (SSSR count). The zero-order valence-electron chi connectivity index (χ0n) is 16.6. The number of rotatable bonds is 3. The third-order valence-corrected chi connectivity index (χ3v) is 4.80. The topological polar surface area (TPSA) is 20.3 Å². The predicted molar refractivity (Wildman–Crippen MR) is 111 cm³/mol. The van der Waals surface area contributed by atoms with Gasteiger partial charge in [-0.05, 0) is 65.9 Å². The van der Waals surface area contributed by atoms with Gasteiger partial charge in [0.2, 0.25) is 0 Å². The Morgan fingerprint density at radius 3 is 2.19 bits per heavy atom. The molecule has 3 heteroatoms. The van der Waals surface area contributed by atoms with E-state index in [0.29, 0.717) is 11.3 Å². The van der Waals surface area contributed by atoms with Crippen LogP contribution in [0.3, 0.4) is 0 Å². The molecule has 2 nitrogen and oxygen atoms in total. The van der Waals surface area contributed by atoms with Gasteiger partial charge in [0.1, 0.15) is 5.82 Å². The highest BCUT2D eigenvalue weighted by atomic mass is 19.1. The Hall–Kier alpha value is -2.68. The monoisotopic (exact) mass is 363 g/mol. The van der Waals surface area contributed by atoms with Crippen molar-refractivity contribution in [3.63, 3.8) is 0 Å². The minimum Gasteiger partial charge on any atom is -0.306 e. The van der Waals surface area contributed by atoms with Crippen molar-refractivity contribution < 1.29 is 9.18 Å². The Morgan fingerprint density at radius 1 is 0.963 bits per heavy atom. The first kappa shape index (κ1) is 19.1. The van der Waals surface area contributed by atoms with Gasteiger partial charge in [-0.3, -0.25) is 4.79 Å². The van der Waals surface area contributed by atoms with E-state index in [9.17, 15) is 9.18 Å². The molecule has 0 unspecified atom stereocenters. The smallest absolute Gasteiger partial charge is 0.259 e. The Balaban J connectivity index is 2.19. The quantitative estimate of drug-likeness (QED) is 0.532. The average Bonchev–Trinajstić information content (AvgIpc) is 2.61. The summed E-state index contributed by atoms with van der Waals surface area (Å²) in [6, 6.07) is 18.2. The number of hydrogen-bond donors (Lipinski definition) is 0. The van der Waals surface area contributed by atoms with E-state index in [1.807, 2.05) is 44.2 Å². The molecule has 0 spiro atoms. The number of hydrogen-bond acceptors (Lipinski definition) is 1. The fourth-order valence-electron chi connectivity index (χ4n) is 3.30. The number of nitrogens with zero attached hydrogens (tertiary/aromatic N) is 1. The molecule has 0 aliphatic carbocycles. The standard InChI is InChI=1S/C24H26FNO/c1-16(2)26(20-12-10-19(25)11-13-20)23(27)22-15-18(24(3,4)5)14-17-8-6-7-9-21(17)22/h6-16H,1-5H3. The van der Waals surface area contributed by atoms with E-state index in [4.69, 9.17) is 0 Å². The first-order chi connectivity index (χ1) is 12.7. The lowest BCUT2D eigenvalue weighted by atomic mass is 9.84. The fraction of sp³-hybridized carbons (Fsp3) is 0.292. The first-order valence-corrected chi connectivity index (χ1v) is 9.31. The maximum absolute atomic E-state index is 13.6. The Morgan fingerprint density at radius 2 is 1.59 bits per heavy atom. The number of anilines is 1. The predicted octanol–water partition coefficient (Wildman–Crippen LogP) is 6.33. The second-order valence-electron chi connectivity index (χ2n) is 8.24. The van der Waals surface area contributed by atoms with E-state index >= 15 is 0 Å². The number of benzene rings is 3. The zero-order chi connectivity index (χ0) is 19.8. The summed E-state index contributed by atoms with van der Waals surface area (Å²) in [7, 11) is 0. The van der Waals surface area contributed by atoms with Gasteiger partial charge in [-0.1, -0.05) is 51.1 Å². The van der Waals surface area contributed by atoms with Gasteiger partial charge in [0, 0.05) is 17.3 Å². The number of amides is 1. The summed E-state index contributed by atoms with van der Waals surface area (Å²) in [5, 5.41) is 1.99. The van der Waals surface area contributed by atoms with E-state index in [-0.39, 0.29) is 23.2 Å². The molecule has 3 aromatic carbocycles. The molecule has 0 bridgehead atoms. The van der Waals surface area contributed by atoms with Gasteiger partial charge >= 0.3 is 0 Å². The van der Waals surface area contributed by atoms with E-state index in [1.165, 1.54) is 12.1 Å². The van der Waals surface area contributed by atoms with Crippen LogP contribution in [-0.2, 0) is 5.41 Å². The van der Waals surface area contributed by atoms with Crippen molar-refractivity contribution >= 4 is 22.4 Å². The minimum atomic E-state index is -0.310. The summed E-state index contributed by atoms with van der Waals surface area (Å²) >= 11 is 0. The molecule has 0 saturated heterocycles. The number of halogens is 1. The van der Waals surface area contributed by atoms with E-state index in [0.717, 1.165) is 16.3 Å². The van der Waals surface area contributed by atoms with Gasteiger partial charge < -0.3 is 4.90 Å². The lowest BCUT2D eigenvalue weighted by Gasteiger charge is -2.29. The van der Waals surface area contributed by atoms with Gasteiger partial charge in [0.05, 0.1) is 0 Å². The SMILES string of the molecule is CC(C)N(C(=O)c1cc(C(C)(C)C)cc2ccccc12)c1ccc(F)cc1. The number of carbonyl (C=O) groups is 1. The van der Waals surface area contributed by atoms with Crippen molar-refractivity contribution in [2.75, 3.05) is 4.90 Å². The molecule has 0 heterocycles. The Kier molecular flexibility index (Phi) is 5.05. The summed E-state index contributed by atoms with van der Waals surface area (Å²) in [5.41, 5.74) is 2.42. The summed E-state index contributed by atoms with van der Waals surface area (Å²) in [4.78, 5) is 15.3. The van der Waals surface area contributed by atoms with Crippen LogP contribution >= 0.6 is 0 Å². The minimum absolute atomic E-state index is 0.0555. The van der Waals surface area contributed by atoms with Crippen LogP contribution in [-0.4, -0.2) is 11.9 Å².